The van der Waals surface area contributed by atoms with Gasteiger partial charge in [-0.25, -0.2) is 0 Å². The number of hydrogen-bond donors (Lipinski definition) is 1. The molecule has 2 aliphatic heterocycles. The van der Waals surface area contributed by atoms with Crippen molar-refractivity contribution in [3.05, 3.63) is 107 Å². The maximum Gasteiger partial charge on any atom is 0.174 e. The highest BCUT2D eigenvalue weighted by molar-refractivity contribution is 7.80. The number of aromatic nitrogens is 2. The van der Waals surface area contributed by atoms with Crippen molar-refractivity contribution in [3.8, 4) is 5.69 Å². The van der Waals surface area contributed by atoms with Gasteiger partial charge in [0.05, 0.1) is 22.4 Å². The van der Waals surface area contributed by atoms with Gasteiger partial charge in [0.15, 0.2) is 5.11 Å². The molecule has 4 aromatic rings. The molecule has 0 saturated carbocycles. The van der Waals surface area contributed by atoms with E-state index in [1.54, 1.807) is 0 Å². The highest BCUT2D eigenvalue weighted by atomic mass is 35.5. The zero-order valence-electron chi connectivity index (χ0n) is 22.6. The number of thiocarbonyl (C=S) groups is 1. The maximum atomic E-state index is 7.01. The fraction of sp³-hybridized carbons (Fsp3) is 0.312. The van der Waals surface area contributed by atoms with Crippen LogP contribution in [0.4, 0.5) is 11.4 Å². The lowest BCUT2D eigenvalue weighted by Crippen LogP contribution is -2.38. The molecule has 1 N–H and O–H groups in total. The third kappa shape index (κ3) is 5.04. The number of benzene rings is 2. The van der Waals surface area contributed by atoms with E-state index in [9.17, 15) is 0 Å². The van der Waals surface area contributed by atoms with Crippen molar-refractivity contribution in [2.75, 3.05) is 22.9 Å². The van der Waals surface area contributed by atoms with Gasteiger partial charge in [-0.05, 0) is 97.6 Å². The third-order valence-corrected chi connectivity index (χ3v) is 8.50. The predicted molar refractivity (Wildman–Crippen MR) is 165 cm³/mol. The SMILES string of the molecule is Cc1cccc(-n2cccc2[C@@H]2[C@H](c3ccccn3)NC(=S)N2c2ccc(N3C[C@H](C)C[C@@H](C)C3)c(Cl)c2)c1. The molecule has 7 heteroatoms. The van der Waals surface area contributed by atoms with Gasteiger partial charge in [0.2, 0.25) is 0 Å². The summed E-state index contributed by atoms with van der Waals surface area (Å²) in [6.45, 7) is 8.83. The minimum absolute atomic E-state index is 0.125. The van der Waals surface area contributed by atoms with Gasteiger partial charge in [-0.1, -0.05) is 43.6 Å². The molecule has 2 aromatic carbocycles. The average Bonchev–Trinajstić information content (AvgIpc) is 3.53. The number of halogens is 1. The molecular formula is C32H34ClN5S. The first kappa shape index (κ1) is 25.9. The second kappa shape index (κ2) is 10.7. The number of anilines is 2. The van der Waals surface area contributed by atoms with Gasteiger partial charge >= 0.3 is 0 Å². The molecule has 2 saturated heterocycles. The Morgan fingerprint density at radius 1 is 0.923 bits per heavy atom. The number of pyridine rings is 1. The van der Waals surface area contributed by atoms with Crippen LogP contribution in [0.1, 0.15) is 49.3 Å². The summed E-state index contributed by atoms with van der Waals surface area (Å²) >= 11 is 13.0. The second-order valence-corrected chi connectivity index (χ2v) is 11.9. The van der Waals surface area contributed by atoms with Crippen LogP contribution in [-0.2, 0) is 0 Å². The molecular weight excluding hydrogens is 522 g/mol. The monoisotopic (exact) mass is 555 g/mol. The molecule has 4 heterocycles. The summed E-state index contributed by atoms with van der Waals surface area (Å²) in [5, 5.41) is 5.00. The number of hydrogen-bond acceptors (Lipinski definition) is 3. The summed E-state index contributed by atoms with van der Waals surface area (Å²) < 4.78 is 2.25. The molecule has 0 spiro atoms. The van der Waals surface area contributed by atoms with Crippen LogP contribution in [-0.4, -0.2) is 27.8 Å². The number of nitrogens with zero attached hydrogens (tertiary/aromatic N) is 4. The van der Waals surface area contributed by atoms with Crippen molar-refractivity contribution < 1.29 is 0 Å². The Labute approximate surface area is 241 Å². The zero-order valence-corrected chi connectivity index (χ0v) is 24.2. The van der Waals surface area contributed by atoms with Gasteiger partial charge in [0.25, 0.3) is 0 Å². The number of rotatable bonds is 5. The fourth-order valence-electron chi connectivity index (χ4n) is 6.34. The predicted octanol–water partition coefficient (Wildman–Crippen LogP) is 7.49. The zero-order chi connectivity index (χ0) is 27.1. The standard InChI is InChI=1S/C32H34ClN5S/c1-21-8-6-9-24(17-21)37-15-7-11-29(37)31-30(27-10-4-5-14-34-27)35-32(39)38(31)25-12-13-28(26(33)18-25)36-19-22(2)16-23(3)20-36/h4-15,17-18,22-23,30-31H,16,19-20H2,1-3H3,(H,35,39)/t22-,23-,30+,31-/m1/s1. The summed E-state index contributed by atoms with van der Waals surface area (Å²) in [6, 6.07) is 25.0. The Morgan fingerprint density at radius 2 is 1.74 bits per heavy atom. The summed E-state index contributed by atoms with van der Waals surface area (Å²) in [5.41, 5.74) is 6.48. The van der Waals surface area contributed by atoms with Gasteiger partial charge < -0.3 is 19.7 Å². The van der Waals surface area contributed by atoms with E-state index in [0.29, 0.717) is 16.9 Å². The van der Waals surface area contributed by atoms with Crippen LogP contribution >= 0.6 is 23.8 Å². The third-order valence-electron chi connectivity index (χ3n) is 7.88. The molecule has 0 bridgehead atoms. The van der Waals surface area contributed by atoms with Gasteiger partial charge in [-0.2, -0.15) is 0 Å². The summed E-state index contributed by atoms with van der Waals surface area (Å²) in [4.78, 5) is 9.35. The average molecular weight is 556 g/mol. The molecule has 2 fully saturated rings. The van der Waals surface area contributed by atoms with E-state index in [4.69, 9.17) is 28.8 Å². The van der Waals surface area contributed by atoms with Crippen molar-refractivity contribution in [2.24, 2.45) is 11.8 Å². The number of aryl methyl sites for hydroxylation is 1. The van der Waals surface area contributed by atoms with Crippen LogP contribution in [0.25, 0.3) is 5.69 Å². The van der Waals surface area contributed by atoms with E-state index >= 15 is 0 Å². The van der Waals surface area contributed by atoms with Crippen LogP contribution < -0.4 is 15.1 Å². The lowest BCUT2D eigenvalue weighted by atomic mass is 9.91. The van der Waals surface area contributed by atoms with E-state index in [0.717, 1.165) is 46.6 Å². The first-order valence-corrected chi connectivity index (χ1v) is 14.5. The molecule has 5 nitrogen and oxygen atoms in total. The first-order chi connectivity index (χ1) is 18.9. The van der Waals surface area contributed by atoms with E-state index in [-0.39, 0.29) is 12.1 Å². The van der Waals surface area contributed by atoms with E-state index < -0.39 is 0 Å². The van der Waals surface area contributed by atoms with Crippen molar-refractivity contribution in [3.63, 3.8) is 0 Å². The van der Waals surface area contributed by atoms with E-state index in [1.807, 2.05) is 18.3 Å². The van der Waals surface area contributed by atoms with Crippen LogP contribution in [0.3, 0.4) is 0 Å². The van der Waals surface area contributed by atoms with Crippen molar-refractivity contribution in [1.29, 1.82) is 0 Å². The first-order valence-electron chi connectivity index (χ1n) is 13.7. The molecule has 0 aliphatic carbocycles. The maximum absolute atomic E-state index is 7.01. The van der Waals surface area contributed by atoms with Crippen LogP contribution in [0.5, 0.6) is 0 Å². The van der Waals surface area contributed by atoms with Crippen LogP contribution in [0, 0.1) is 18.8 Å². The molecule has 200 valence electrons. The Balaban J connectivity index is 1.43. The molecule has 39 heavy (non-hydrogen) atoms. The largest absolute Gasteiger partial charge is 0.370 e. The molecule has 0 radical (unpaired) electrons. The van der Waals surface area contributed by atoms with Gasteiger partial charge in [0.1, 0.15) is 6.04 Å². The van der Waals surface area contributed by atoms with Gasteiger partial charge in [-0.3, -0.25) is 4.98 Å². The lowest BCUT2D eigenvalue weighted by Gasteiger charge is -2.37. The summed E-state index contributed by atoms with van der Waals surface area (Å²) in [7, 11) is 0. The Kier molecular flexibility index (Phi) is 7.08. The summed E-state index contributed by atoms with van der Waals surface area (Å²) in [5.74, 6) is 1.30. The highest BCUT2D eigenvalue weighted by Gasteiger charge is 2.42. The van der Waals surface area contributed by atoms with Gasteiger partial charge in [-0.15, -0.1) is 0 Å². The van der Waals surface area contributed by atoms with Crippen LogP contribution in [0.15, 0.2) is 85.2 Å². The quantitative estimate of drug-likeness (QED) is 0.258. The Hall–Kier alpha value is -3.35. The molecule has 0 amide bonds. The topological polar surface area (TPSA) is 36.3 Å². The van der Waals surface area contributed by atoms with E-state index in [1.165, 1.54) is 12.0 Å². The van der Waals surface area contributed by atoms with Crippen molar-refractivity contribution in [1.82, 2.24) is 14.9 Å². The van der Waals surface area contributed by atoms with Crippen LogP contribution in [0.2, 0.25) is 5.02 Å². The highest BCUT2D eigenvalue weighted by Crippen LogP contribution is 2.44. The summed E-state index contributed by atoms with van der Waals surface area (Å²) in [6.07, 6.45) is 5.22. The number of piperidine rings is 1. The number of nitrogens with one attached hydrogen (secondary N) is 1. The molecule has 2 aliphatic rings. The van der Waals surface area contributed by atoms with Crippen molar-refractivity contribution >= 4 is 40.3 Å². The fourth-order valence-corrected chi connectivity index (χ4v) is 6.98. The molecule has 0 unspecified atom stereocenters. The lowest BCUT2D eigenvalue weighted by molar-refractivity contribution is 0.357. The smallest absolute Gasteiger partial charge is 0.174 e. The minimum Gasteiger partial charge on any atom is -0.370 e. The van der Waals surface area contributed by atoms with E-state index in [2.05, 4.69) is 107 Å². The Bertz CT molecular complexity index is 1470. The van der Waals surface area contributed by atoms with Gasteiger partial charge in [0, 0.05) is 42.6 Å². The molecule has 6 rings (SSSR count). The second-order valence-electron chi connectivity index (χ2n) is 11.1. The van der Waals surface area contributed by atoms with Crippen molar-refractivity contribution in [2.45, 2.75) is 39.3 Å². The molecule has 2 aromatic heterocycles. The normalized spacial score (nSPS) is 23.2. The minimum atomic E-state index is -0.126. The molecule has 4 atom stereocenters. The Morgan fingerprint density at radius 3 is 2.46 bits per heavy atom.